The summed E-state index contributed by atoms with van der Waals surface area (Å²) in [5, 5.41) is 0. The molecule has 3 rings (SSSR count). The van der Waals surface area contributed by atoms with Crippen molar-refractivity contribution in [2.45, 2.75) is 65.5 Å². The number of nitrogens with zero attached hydrogens (tertiary/aromatic N) is 1. The summed E-state index contributed by atoms with van der Waals surface area (Å²) in [6.45, 7) is 9.51. The molecule has 1 heteroatoms. The van der Waals surface area contributed by atoms with Crippen molar-refractivity contribution in [3.8, 4) is 0 Å². The number of benzene rings is 1. The van der Waals surface area contributed by atoms with Crippen molar-refractivity contribution in [1.82, 2.24) is 0 Å². The minimum atomic E-state index is 0.630. The maximum Gasteiger partial charge on any atom is 0.0374 e. The minimum Gasteiger partial charge on any atom is -0.365 e. The SMILES string of the molecule is CC(C)C(C)N(c1ccc2c(c1)CC2)[C@@H]1CCC1C. The highest BCUT2D eigenvalue weighted by Gasteiger charge is 2.36. The van der Waals surface area contributed by atoms with Gasteiger partial charge >= 0.3 is 0 Å². The fourth-order valence-electron chi connectivity index (χ4n) is 3.45. The highest BCUT2D eigenvalue weighted by Crippen LogP contribution is 2.39. The predicted molar refractivity (Wildman–Crippen MR) is 82.8 cm³/mol. The third-order valence-corrected chi connectivity index (χ3v) is 5.49. The highest BCUT2D eigenvalue weighted by atomic mass is 15.2. The van der Waals surface area contributed by atoms with Gasteiger partial charge in [-0.15, -0.1) is 0 Å². The monoisotopic (exact) mass is 257 g/mol. The third kappa shape index (κ3) is 2.17. The van der Waals surface area contributed by atoms with Gasteiger partial charge in [-0.05, 0) is 67.7 Å². The summed E-state index contributed by atoms with van der Waals surface area (Å²) in [7, 11) is 0. The summed E-state index contributed by atoms with van der Waals surface area (Å²) >= 11 is 0. The molecular formula is C18H27N. The zero-order valence-corrected chi connectivity index (χ0v) is 12.8. The standard InChI is InChI=1S/C18H27N/c1-12(2)14(4)19(18-10-5-13(18)3)17-9-8-15-6-7-16(15)11-17/h8-9,11-14,18H,5-7,10H2,1-4H3/t13?,14?,18-/m1/s1. The second-order valence-corrected chi connectivity index (χ2v) is 6.97. The zero-order valence-electron chi connectivity index (χ0n) is 12.8. The van der Waals surface area contributed by atoms with E-state index in [-0.39, 0.29) is 0 Å². The molecule has 0 radical (unpaired) electrons. The van der Waals surface area contributed by atoms with Gasteiger partial charge in [-0.2, -0.15) is 0 Å². The van der Waals surface area contributed by atoms with Gasteiger partial charge in [0.05, 0.1) is 0 Å². The lowest BCUT2D eigenvalue weighted by atomic mass is 9.78. The van der Waals surface area contributed by atoms with E-state index in [9.17, 15) is 0 Å². The summed E-state index contributed by atoms with van der Waals surface area (Å²) in [5.74, 6) is 1.56. The molecule has 0 N–H and O–H groups in total. The third-order valence-electron chi connectivity index (χ3n) is 5.49. The Morgan fingerprint density at radius 2 is 1.79 bits per heavy atom. The second-order valence-electron chi connectivity index (χ2n) is 6.97. The van der Waals surface area contributed by atoms with E-state index in [0.29, 0.717) is 12.0 Å². The summed E-state index contributed by atoms with van der Waals surface area (Å²) < 4.78 is 0. The van der Waals surface area contributed by atoms with Crippen LogP contribution in [0, 0.1) is 11.8 Å². The van der Waals surface area contributed by atoms with Gasteiger partial charge in [0.1, 0.15) is 0 Å². The summed E-state index contributed by atoms with van der Waals surface area (Å²) in [6.07, 6.45) is 5.34. The van der Waals surface area contributed by atoms with Crippen LogP contribution in [0.25, 0.3) is 0 Å². The van der Waals surface area contributed by atoms with Crippen molar-refractivity contribution in [3.63, 3.8) is 0 Å². The number of anilines is 1. The van der Waals surface area contributed by atoms with Crippen LogP contribution >= 0.6 is 0 Å². The Kier molecular flexibility index (Phi) is 3.32. The van der Waals surface area contributed by atoms with Crippen LogP contribution in [-0.4, -0.2) is 12.1 Å². The van der Waals surface area contributed by atoms with E-state index < -0.39 is 0 Å². The van der Waals surface area contributed by atoms with Crippen LogP contribution in [0.5, 0.6) is 0 Å². The van der Waals surface area contributed by atoms with Gasteiger partial charge in [-0.3, -0.25) is 0 Å². The maximum atomic E-state index is 2.72. The molecule has 0 bridgehead atoms. The van der Waals surface area contributed by atoms with Crippen LogP contribution in [0.1, 0.15) is 51.7 Å². The molecule has 0 amide bonds. The normalized spacial score (nSPS) is 26.4. The van der Waals surface area contributed by atoms with Crippen LogP contribution in [0.15, 0.2) is 18.2 Å². The van der Waals surface area contributed by atoms with Crippen molar-refractivity contribution in [2.24, 2.45) is 11.8 Å². The smallest absolute Gasteiger partial charge is 0.0374 e. The Balaban J connectivity index is 1.91. The Bertz CT molecular complexity index is 456. The quantitative estimate of drug-likeness (QED) is 0.771. The van der Waals surface area contributed by atoms with E-state index in [1.165, 1.54) is 31.4 Å². The van der Waals surface area contributed by atoms with E-state index >= 15 is 0 Å². The Morgan fingerprint density at radius 1 is 1.05 bits per heavy atom. The molecule has 1 fully saturated rings. The van der Waals surface area contributed by atoms with Crippen molar-refractivity contribution >= 4 is 5.69 Å². The Morgan fingerprint density at radius 3 is 2.21 bits per heavy atom. The van der Waals surface area contributed by atoms with Crippen LogP contribution in [-0.2, 0) is 12.8 Å². The highest BCUT2D eigenvalue weighted by molar-refractivity contribution is 5.55. The molecule has 0 aromatic heterocycles. The maximum absolute atomic E-state index is 2.72. The van der Waals surface area contributed by atoms with Gasteiger partial charge in [0.15, 0.2) is 0 Å². The fraction of sp³-hybridized carbons (Fsp3) is 0.667. The fourth-order valence-corrected chi connectivity index (χ4v) is 3.45. The molecule has 0 heterocycles. The summed E-state index contributed by atoms with van der Waals surface area (Å²) in [5.41, 5.74) is 4.63. The molecule has 19 heavy (non-hydrogen) atoms. The molecule has 1 nitrogen and oxygen atoms in total. The first kappa shape index (κ1) is 13.0. The molecule has 3 atom stereocenters. The first-order chi connectivity index (χ1) is 9.08. The van der Waals surface area contributed by atoms with Gasteiger partial charge < -0.3 is 4.90 Å². The molecule has 0 spiro atoms. The van der Waals surface area contributed by atoms with E-state index in [2.05, 4.69) is 50.8 Å². The van der Waals surface area contributed by atoms with E-state index in [1.54, 1.807) is 11.1 Å². The molecule has 1 aromatic carbocycles. The average molecular weight is 257 g/mol. The van der Waals surface area contributed by atoms with Crippen molar-refractivity contribution in [1.29, 1.82) is 0 Å². The molecule has 2 aliphatic rings. The topological polar surface area (TPSA) is 3.24 Å². The Hall–Kier alpha value is -0.980. The van der Waals surface area contributed by atoms with E-state index in [4.69, 9.17) is 0 Å². The van der Waals surface area contributed by atoms with Crippen molar-refractivity contribution in [3.05, 3.63) is 29.3 Å². The average Bonchev–Trinajstić information content (AvgIpc) is 2.35. The lowest BCUT2D eigenvalue weighted by molar-refractivity contribution is 0.240. The number of fused-ring (bicyclic) bond motifs is 1. The second kappa shape index (κ2) is 4.85. The van der Waals surface area contributed by atoms with Gasteiger partial charge in [-0.25, -0.2) is 0 Å². The number of hydrogen-bond donors (Lipinski definition) is 0. The molecule has 2 aliphatic carbocycles. The van der Waals surface area contributed by atoms with Crippen LogP contribution in [0.4, 0.5) is 5.69 Å². The first-order valence-electron chi connectivity index (χ1n) is 7.98. The first-order valence-corrected chi connectivity index (χ1v) is 7.98. The van der Waals surface area contributed by atoms with Crippen LogP contribution in [0.3, 0.4) is 0 Å². The lowest BCUT2D eigenvalue weighted by Gasteiger charge is -2.48. The van der Waals surface area contributed by atoms with Gasteiger partial charge in [0.2, 0.25) is 0 Å². The molecule has 1 aromatic rings. The molecule has 104 valence electrons. The van der Waals surface area contributed by atoms with E-state index in [1.807, 2.05) is 0 Å². The summed E-state index contributed by atoms with van der Waals surface area (Å²) in [6, 6.07) is 8.57. The minimum absolute atomic E-state index is 0.630. The lowest BCUT2D eigenvalue weighted by Crippen LogP contribution is -2.52. The van der Waals surface area contributed by atoms with E-state index in [0.717, 1.165) is 12.0 Å². The largest absolute Gasteiger partial charge is 0.365 e. The van der Waals surface area contributed by atoms with Gasteiger partial charge in [-0.1, -0.05) is 26.8 Å². The van der Waals surface area contributed by atoms with Crippen LogP contribution in [0.2, 0.25) is 0 Å². The molecule has 2 unspecified atom stereocenters. The number of rotatable bonds is 4. The Labute approximate surface area is 118 Å². The molecule has 0 aliphatic heterocycles. The predicted octanol–water partition coefficient (Wildman–Crippen LogP) is 4.43. The molecular weight excluding hydrogens is 230 g/mol. The molecule has 1 saturated carbocycles. The summed E-state index contributed by atoms with van der Waals surface area (Å²) in [4.78, 5) is 2.72. The zero-order chi connectivity index (χ0) is 13.6. The van der Waals surface area contributed by atoms with Gasteiger partial charge in [0.25, 0.3) is 0 Å². The van der Waals surface area contributed by atoms with Gasteiger partial charge in [0, 0.05) is 17.8 Å². The van der Waals surface area contributed by atoms with Crippen molar-refractivity contribution in [2.75, 3.05) is 4.90 Å². The van der Waals surface area contributed by atoms with Crippen molar-refractivity contribution < 1.29 is 0 Å². The van der Waals surface area contributed by atoms with Crippen LogP contribution < -0.4 is 4.90 Å². The number of hydrogen-bond acceptors (Lipinski definition) is 1. The number of aryl methyl sites for hydroxylation is 2. The molecule has 0 saturated heterocycles.